The first-order chi connectivity index (χ1) is 13.7. The molecule has 4 heterocycles. The van der Waals surface area contributed by atoms with Gasteiger partial charge in [-0.2, -0.15) is 10.1 Å². The molecule has 1 saturated carbocycles. The third-order valence-corrected chi connectivity index (χ3v) is 5.26. The molecule has 4 aromatic heterocycles. The first kappa shape index (κ1) is 16.7. The Labute approximate surface area is 162 Å². The minimum atomic E-state index is 0.0291. The Hall–Kier alpha value is -3.42. The summed E-state index contributed by atoms with van der Waals surface area (Å²) in [6.45, 7) is 2.10. The molecular weight excluding hydrogens is 352 g/mol. The molecule has 3 N–H and O–H groups in total. The van der Waals surface area contributed by atoms with Crippen molar-refractivity contribution in [3.8, 4) is 0 Å². The molecule has 0 bridgehead atoms. The molecule has 8 heteroatoms. The van der Waals surface area contributed by atoms with E-state index in [1.807, 2.05) is 36.3 Å². The highest BCUT2D eigenvalue weighted by molar-refractivity contribution is 5.74. The molecule has 28 heavy (non-hydrogen) atoms. The van der Waals surface area contributed by atoms with Crippen molar-refractivity contribution in [2.45, 2.75) is 31.7 Å². The van der Waals surface area contributed by atoms with Crippen molar-refractivity contribution < 1.29 is 0 Å². The zero-order valence-corrected chi connectivity index (χ0v) is 15.8. The van der Waals surface area contributed by atoms with Gasteiger partial charge in [-0.15, -0.1) is 0 Å². The fraction of sp³-hybridized carbons (Fsp3) is 0.300. The molecule has 0 saturated heterocycles. The minimum absolute atomic E-state index is 0.0291. The van der Waals surface area contributed by atoms with Crippen molar-refractivity contribution in [1.82, 2.24) is 30.1 Å². The molecule has 0 amide bonds. The molecule has 142 valence electrons. The van der Waals surface area contributed by atoms with Crippen molar-refractivity contribution in [3.05, 3.63) is 54.1 Å². The zero-order chi connectivity index (χ0) is 19.1. The number of H-pyrrole nitrogens is 2. The lowest BCUT2D eigenvalue weighted by Gasteiger charge is -2.24. The number of anilines is 3. The second kappa shape index (κ2) is 6.63. The summed E-state index contributed by atoms with van der Waals surface area (Å²) in [5.74, 6) is 2.76. The van der Waals surface area contributed by atoms with Crippen molar-refractivity contribution in [3.63, 3.8) is 0 Å². The highest BCUT2D eigenvalue weighted by Crippen LogP contribution is 2.39. The first-order valence-corrected chi connectivity index (χ1v) is 9.49. The number of aromatic nitrogens is 6. The summed E-state index contributed by atoms with van der Waals surface area (Å²) in [5, 5.41) is 10.7. The van der Waals surface area contributed by atoms with Gasteiger partial charge >= 0.3 is 0 Å². The number of nitrogens with one attached hydrogen (secondary N) is 3. The molecule has 0 aliphatic heterocycles. The van der Waals surface area contributed by atoms with Gasteiger partial charge in [-0.25, -0.2) is 9.97 Å². The summed E-state index contributed by atoms with van der Waals surface area (Å²) in [4.78, 5) is 19.0. The Balaban J connectivity index is 1.35. The molecule has 0 aromatic carbocycles. The molecule has 0 spiro atoms. The van der Waals surface area contributed by atoms with Crippen LogP contribution < -0.4 is 10.2 Å². The normalized spacial score (nSPS) is 14.9. The highest BCUT2D eigenvalue weighted by Gasteiger charge is 2.25. The fourth-order valence-corrected chi connectivity index (χ4v) is 3.28. The third kappa shape index (κ3) is 3.17. The second-order valence-corrected chi connectivity index (χ2v) is 7.28. The molecule has 1 atom stereocenters. The van der Waals surface area contributed by atoms with Gasteiger partial charge in [-0.05, 0) is 44.0 Å². The summed E-state index contributed by atoms with van der Waals surface area (Å²) in [6.07, 6.45) is 6.14. The first-order valence-electron chi connectivity index (χ1n) is 9.49. The van der Waals surface area contributed by atoms with Crippen LogP contribution in [0.1, 0.15) is 43.1 Å². The van der Waals surface area contributed by atoms with Gasteiger partial charge in [-0.3, -0.25) is 5.10 Å². The molecular formula is C20H22N8. The topological polar surface area (TPSA) is 98.4 Å². The minimum Gasteiger partial charge on any atom is -0.360 e. The fourth-order valence-electron chi connectivity index (χ4n) is 3.28. The van der Waals surface area contributed by atoms with Gasteiger partial charge < -0.3 is 15.2 Å². The Kier molecular flexibility index (Phi) is 3.96. The Morgan fingerprint density at radius 3 is 2.89 bits per heavy atom. The average molecular weight is 374 g/mol. The molecule has 1 aliphatic rings. The van der Waals surface area contributed by atoms with E-state index in [0.717, 1.165) is 22.5 Å². The van der Waals surface area contributed by atoms with Crippen LogP contribution in [0.25, 0.3) is 11.0 Å². The Morgan fingerprint density at radius 2 is 2.04 bits per heavy atom. The van der Waals surface area contributed by atoms with E-state index in [0.29, 0.717) is 17.7 Å². The zero-order valence-electron chi connectivity index (χ0n) is 15.8. The molecule has 1 fully saturated rings. The van der Waals surface area contributed by atoms with Crippen LogP contribution in [0.2, 0.25) is 0 Å². The van der Waals surface area contributed by atoms with Crippen LogP contribution in [-0.2, 0) is 0 Å². The smallest absolute Gasteiger partial charge is 0.227 e. The summed E-state index contributed by atoms with van der Waals surface area (Å²) in [6, 6.07) is 9.99. The maximum absolute atomic E-state index is 4.74. The summed E-state index contributed by atoms with van der Waals surface area (Å²) >= 11 is 0. The van der Waals surface area contributed by atoms with Gasteiger partial charge in [0.2, 0.25) is 5.95 Å². The standard InChI is InChI=1S/C20H22N8/c1-12(14-5-6-15-16(23-14)7-9-21-15)28(2)20-22-10-8-18(25-20)24-19-11-17(26-27-19)13-3-4-13/h5-13,21H,3-4H2,1-2H3,(H2,22,24,25,26,27)/t12-/m0/s1. The largest absolute Gasteiger partial charge is 0.360 e. The Bertz CT molecular complexity index is 1110. The van der Waals surface area contributed by atoms with Crippen LogP contribution >= 0.6 is 0 Å². The number of nitrogens with zero attached hydrogens (tertiary/aromatic N) is 5. The quantitative estimate of drug-likeness (QED) is 0.473. The van der Waals surface area contributed by atoms with Gasteiger partial charge in [0.25, 0.3) is 0 Å². The van der Waals surface area contributed by atoms with E-state index in [2.05, 4.69) is 49.5 Å². The Morgan fingerprint density at radius 1 is 1.14 bits per heavy atom. The van der Waals surface area contributed by atoms with E-state index in [4.69, 9.17) is 4.98 Å². The summed E-state index contributed by atoms with van der Waals surface area (Å²) in [7, 11) is 1.98. The molecule has 8 nitrogen and oxygen atoms in total. The highest BCUT2D eigenvalue weighted by atomic mass is 15.3. The average Bonchev–Trinajstić information content (AvgIpc) is 3.28. The van der Waals surface area contributed by atoms with E-state index in [1.165, 1.54) is 18.5 Å². The van der Waals surface area contributed by atoms with Gasteiger partial charge in [0.15, 0.2) is 5.82 Å². The number of pyridine rings is 1. The molecule has 5 rings (SSSR count). The van der Waals surface area contributed by atoms with Crippen molar-refractivity contribution in [2.75, 3.05) is 17.3 Å². The van der Waals surface area contributed by atoms with Crippen LogP contribution in [-0.4, -0.2) is 37.2 Å². The van der Waals surface area contributed by atoms with E-state index < -0.39 is 0 Å². The number of hydrogen-bond donors (Lipinski definition) is 3. The number of rotatable bonds is 6. The van der Waals surface area contributed by atoms with Crippen LogP contribution in [0.4, 0.5) is 17.6 Å². The molecule has 1 aliphatic carbocycles. The summed E-state index contributed by atoms with van der Waals surface area (Å²) < 4.78 is 0. The van der Waals surface area contributed by atoms with Crippen LogP contribution in [0.5, 0.6) is 0 Å². The van der Waals surface area contributed by atoms with Crippen molar-refractivity contribution in [2.24, 2.45) is 0 Å². The third-order valence-electron chi connectivity index (χ3n) is 5.26. The maximum Gasteiger partial charge on any atom is 0.227 e. The molecule has 4 aromatic rings. The molecule has 0 unspecified atom stereocenters. The predicted octanol–water partition coefficient (Wildman–Crippen LogP) is 3.89. The number of fused-ring (bicyclic) bond motifs is 1. The van der Waals surface area contributed by atoms with E-state index >= 15 is 0 Å². The van der Waals surface area contributed by atoms with E-state index in [-0.39, 0.29) is 6.04 Å². The van der Waals surface area contributed by atoms with Crippen LogP contribution in [0.15, 0.2) is 42.7 Å². The SMILES string of the molecule is C[C@@H](c1ccc2[nH]ccc2n1)N(C)c1nccc(Nc2cc(C3CC3)[nH]n2)n1. The van der Waals surface area contributed by atoms with Gasteiger partial charge in [-0.1, -0.05) is 0 Å². The molecule has 0 radical (unpaired) electrons. The number of aromatic amines is 2. The summed E-state index contributed by atoms with van der Waals surface area (Å²) in [5.41, 5.74) is 4.15. The van der Waals surface area contributed by atoms with E-state index in [9.17, 15) is 0 Å². The lowest BCUT2D eigenvalue weighted by atomic mass is 10.2. The van der Waals surface area contributed by atoms with Gasteiger partial charge in [0.1, 0.15) is 5.82 Å². The predicted molar refractivity (Wildman–Crippen MR) is 109 cm³/mol. The van der Waals surface area contributed by atoms with E-state index in [1.54, 1.807) is 6.20 Å². The monoisotopic (exact) mass is 374 g/mol. The number of hydrogen-bond acceptors (Lipinski definition) is 6. The lowest BCUT2D eigenvalue weighted by Crippen LogP contribution is -2.24. The van der Waals surface area contributed by atoms with Gasteiger partial charge in [0.05, 0.1) is 22.8 Å². The van der Waals surface area contributed by atoms with Gasteiger partial charge in [0, 0.05) is 37.1 Å². The van der Waals surface area contributed by atoms with Crippen molar-refractivity contribution >= 4 is 28.6 Å². The maximum atomic E-state index is 4.74. The van der Waals surface area contributed by atoms with Crippen molar-refractivity contribution in [1.29, 1.82) is 0 Å². The van der Waals surface area contributed by atoms with Crippen LogP contribution in [0, 0.1) is 0 Å². The van der Waals surface area contributed by atoms with Crippen LogP contribution in [0.3, 0.4) is 0 Å². The second-order valence-electron chi connectivity index (χ2n) is 7.28. The lowest BCUT2D eigenvalue weighted by molar-refractivity contribution is 0.697.